The number of benzene rings is 2. The van der Waals surface area contributed by atoms with Gasteiger partial charge in [0.2, 0.25) is 11.8 Å². The van der Waals surface area contributed by atoms with Crippen molar-refractivity contribution in [2.75, 3.05) is 25.1 Å². The largest absolute Gasteiger partial charge is 0.497 e. The maximum absolute atomic E-state index is 14.2. The van der Waals surface area contributed by atoms with Crippen molar-refractivity contribution in [3.8, 4) is 11.4 Å². The maximum atomic E-state index is 14.2. The molecule has 1 aromatic heterocycles. The highest BCUT2D eigenvalue weighted by Crippen LogP contribution is 2.42. The van der Waals surface area contributed by atoms with Crippen LogP contribution >= 0.6 is 0 Å². The summed E-state index contributed by atoms with van der Waals surface area (Å²) < 4.78 is 7.53. The fourth-order valence-corrected chi connectivity index (χ4v) is 5.11. The van der Waals surface area contributed by atoms with E-state index in [4.69, 9.17) is 4.74 Å². The van der Waals surface area contributed by atoms with Gasteiger partial charge in [-0.3, -0.25) is 14.5 Å². The lowest BCUT2D eigenvalue weighted by atomic mass is 9.97. The lowest BCUT2D eigenvalue weighted by Gasteiger charge is -2.39. The lowest BCUT2D eigenvalue weighted by molar-refractivity contribution is -0.135. The maximum Gasteiger partial charge on any atom is 0.247 e. The second-order valence-corrected chi connectivity index (χ2v) is 9.71. The molecule has 6 heteroatoms. The van der Waals surface area contributed by atoms with Crippen molar-refractivity contribution in [2.24, 2.45) is 0 Å². The number of fused-ring (bicyclic) bond motifs is 3. The molecular weight excluding hydrogens is 462 g/mol. The van der Waals surface area contributed by atoms with Crippen LogP contribution in [0.3, 0.4) is 0 Å². The van der Waals surface area contributed by atoms with Gasteiger partial charge in [-0.15, -0.1) is 0 Å². The molecule has 4 rings (SSSR count). The number of hydrogen-bond donors (Lipinski definition) is 0. The quantitative estimate of drug-likeness (QED) is 0.266. The second-order valence-electron chi connectivity index (χ2n) is 9.71. The van der Waals surface area contributed by atoms with Crippen molar-refractivity contribution < 1.29 is 14.3 Å². The Morgan fingerprint density at radius 2 is 1.59 bits per heavy atom. The normalized spacial score (nSPS) is 14.1. The van der Waals surface area contributed by atoms with E-state index >= 15 is 0 Å². The van der Waals surface area contributed by atoms with E-state index in [2.05, 4.69) is 24.5 Å². The number of rotatable bonds is 12. The van der Waals surface area contributed by atoms with Gasteiger partial charge in [-0.2, -0.15) is 0 Å². The van der Waals surface area contributed by atoms with Gasteiger partial charge in [0.15, 0.2) is 0 Å². The fraction of sp³-hybridized carbons (Fsp3) is 0.419. The molecule has 2 heterocycles. The van der Waals surface area contributed by atoms with Crippen LogP contribution < -0.4 is 9.64 Å². The van der Waals surface area contributed by atoms with Crippen LogP contribution in [0.15, 0.2) is 66.9 Å². The van der Waals surface area contributed by atoms with Gasteiger partial charge in [-0.1, -0.05) is 63.8 Å². The second kappa shape index (κ2) is 12.6. The highest BCUT2D eigenvalue weighted by atomic mass is 16.5. The standard InChI is InChI=1S/C31H39N3O3/c1-4-6-8-9-16-29(35)32(21-7-5-2)23-30(36)34-27-14-11-10-13-26(27)33-22-12-15-28(33)31(34)24-17-19-25(37-3)20-18-24/h10-15,17-20,22,31H,4-9,16,21,23H2,1-3H3. The number of hydrogen-bond acceptors (Lipinski definition) is 3. The molecule has 1 unspecified atom stereocenters. The Bertz CT molecular complexity index is 1180. The fourth-order valence-electron chi connectivity index (χ4n) is 5.11. The Kier molecular flexibility index (Phi) is 9.04. The summed E-state index contributed by atoms with van der Waals surface area (Å²) in [6.45, 7) is 4.96. The molecule has 2 amide bonds. The molecule has 2 aromatic carbocycles. The lowest BCUT2D eigenvalue weighted by Crippen LogP contribution is -2.47. The van der Waals surface area contributed by atoms with Crippen LogP contribution in [0, 0.1) is 0 Å². The highest BCUT2D eigenvalue weighted by molar-refractivity contribution is 6.00. The molecule has 1 aliphatic rings. The summed E-state index contributed by atoms with van der Waals surface area (Å²) in [5.74, 6) is 0.777. The molecule has 196 valence electrons. The zero-order chi connectivity index (χ0) is 26.2. The summed E-state index contributed by atoms with van der Waals surface area (Å²) >= 11 is 0. The van der Waals surface area contributed by atoms with Crippen LogP contribution in [-0.2, 0) is 9.59 Å². The SMILES string of the molecule is CCCCCCC(=O)N(CCCC)CC(=O)N1c2ccccc2-n2cccc2C1c1ccc(OC)cc1. The Morgan fingerprint density at radius 3 is 2.30 bits per heavy atom. The zero-order valence-electron chi connectivity index (χ0n) is 22.4. The third kappa shape index (κ3) is 5.90. The van der Waals surface area contributed by atoms with Crippen LogP contribution in [0.5, 0.6) is 5.75 Å². The zero-order valence-corrected chi connectivity index (χ0v) is 22.4. The van der Waals surface area contributed by atoms with E-state index in [-0.39, 0.29) is 24.4 Å². The predicted molar refractivity (Wildman–Crippen MR) is 148 cm³/mol. The van der Waals surface area contributed by atoms with Crippen molar-refractivity contribution in [2.45, 2.75) is 64.8 Å². The van der Waals surface area contributed by atoms with Crippen molar-refractivity contribution in [3.05, 3.63) is 78.1 Å². The molecule has 0 saturated carbocycles. The molecule has 6 nitrogen and oxygen atoms in total. The number of para-hydroxylation sites is 2. The number of unbranched alkanes of at least 4 members (excludes halogenated alkanes) is 4. The molecule has 0 saturated heterocycles. The number of amides is 2. The van der Waals surface area contributed by atoms with E-state index in [0.29, 0.717) is 13.0 Å². The van der Waals surface area contributed by atoms with Crippen LogP contribution in [0.4, 0.5) is 5.69 Å². The molecule has 0 bridgehead atoms. The summed E-state index contributed by atoms with van der Waals surface area (Å²) in [5, 5.41) is 0. The number of carbonyl (C=O) groups is 2. The van der Waals surface area contributed by atoms with Crippen LogP contribution in [0.25, 0.3) is 5.69 Å². The van der Waals surface area contributed by atoms with E-state index in [1.54, 1.807) is 12.0 Å². The van der Waals surface area contributed by atoms with Crippen LogP contribution in [0.2, 0.25) is 0 Å². The monoisotopic (exact) mass is 501 g/mol. The predicted octanol–water partition coefficient (Wildman–Crippen LogP) is 6.52. The van der Waals surface area contributed by atoms with Crippen LogP contribution in [-0.4, -0.2) is 41.5 Å². The van der Waals surface area contributed by atoms with Gasteiger partial charge in [0.25, 0.3) is 0 Å². The Hall–Kier alpha value is -3.54. The summed E-state index contributed by atoms with van der Waals surface area (Å²) in [6, 6.07) is 19.7. The van der Waals surface area contributed by atoms with Gasteiger partial charge in [0.05, 0.1) is 24.2 Å². The first-order valence-corrected chi connectivity index (χ1v) is 13.6. The molecule has 1 aliphatic heterocycles. The first-order chi connectivity index (χ1) is 18.1. The third-order valence-electron chi connectivity index (χ3n) is 7.12. The minimum atomic E-state index is -0.309. The van der Waals surface area contributed by atoms with Gasteiger partial charge in [0.1, 0.15) is 18.3 Å². The molecule has 1 atom stereocenters. The van der Waals surface area contributed by atoms with E-state index in [1.165, 1.54) is 0 Å². The number of aromatic nitrogens is 1. The van der Waals surface area contributed by atoms with Gasteiger partial charge in [-0.05, 0) is 54.8 Å². The topological polar surface area (TPSA) is 54.8 Å². The molecule has 0 radical (unpaired) electrons. The minimum absolute atomic E-state index is 0.0706. The average molecular weight is 502 g/mol. The van der Waals surface area contributed by atoms with Crippen molar-refractivity contribution in [1.82, 2.24) is 9.47 Å². The summed E-state index contributed by atoms with van der Waals surface area (Å²) in [5.41, 5.74) is 3.83. The van der Waals surface area contributed by atoms with E-state index in [1.807, 2.05) is 65.7 Å². The molecular formula is C31H39N3O3. The van der Waals surface area contributed by atoms with Gasteiger partial charge >= 0.3 is 0 Å². The third-order valence-corrected chi connectivity index (χ3v) is 7.12. The summed E-state index contributed by atoms with van der Waals surface area (Å²) in [4.78, 5) is 31.0. The number of anilines is 1. The number of methoxy groups -OCH3 is 1. The first kappa shape index (κ1) is 26.5. The summed E-state index contributed by atoms with van der Waals surface area (Å²) in [7, 11) is 1.65. The smallest absolute Gasteiger partial charge is 0.247 e. The minimum Gasteiger partial charge on any atom is -0.497 e. The van der Waals surface area contributed by atoms with Gasteiger partial charge in [-0.25, -0.2) is 0 Å². The van der Waals surface area contributed by atoms with Crippen molar-refractivity contribution in [3.63, 3.8) is 0 Å². The first-order valence-electron chi connectivity index (χ1n) is 13.6. The number of ether oxygens (including phenoxy) is 1. The molecule has 37 heavy (non-hydrogen) atoms. The van der Waals surface area contributed by atoms with E-state index < -0.39 is 0 Å². The molecule has 0 spiro atoms. The Balaban J connectivity index is 1.67. The molecule has 0 aliphatic carbocycles. The number of carbonyl (C=O) groups excluding carboxylic acids is 2. The Labute approximate surface area is 220 Å². The molecule has 3 aromatic rings. The van der Waals surface area contributed by atoms with E-state index in [9.17, 15) is 9.59 Å². The molecule has 0 N–H and O–H groups in total. The van der Waals surface area contributed by atoms with Gasteiger partial charge in [0, 0.05) is 19.2 Å². The molecule has 0 fully saturated rings. The average Bonchev–Trinajstić information content (AvgIpc) is 3.42. The van der Waals surface area contributed by atoms with E-state index in [0.717, 1.165) is 66.9 Å². The number of nitrogens with zero attached hydrogens (tertiary/aromatic N) is 3. The van der Waals surface area contributed by atoms with Crippen molar-refractivity contribution in [1.29, 1.82) is 0 Å². The van der Waals surface area contributed by atoms with Crippen molar-refractivity contribution >= 4 is 17.5 Å². The highest BCUT2D eigenvalue weighted by Gasteiger charge is 2.36. The van der Waals surface area contributed by atoms with Gasteiger partial charge < -0.3 is 14.2 Å². The Morgan fingerprint density at radius 1 is 0.865 bits per heavy atom. The summed E-state index contributed by atoms with van der Waals surface area (Å²) in [6.07, 6.45) is 8.59. The van der Waals surface area contributed by atoms with Crippen LogP contribution in [0.1, 0.15) is 76.1 Å².